The zero-order valence-corrected chi connectivity index (χ0v) is 13.1. The molecule has 1 amide bonds. The minimum Gasteiger partial charge on any atom is -0.497 e. The molecule has 0 aliphatic carbocycles. The second-order valence-corrected chi connectivity index (χ2v) is 4.83. The lowest BCUT2D eigenvalue weighted by Crippen LogP contribution is -2.14. The van der Waals surface area contributed by atoms with Gasteiger partial charge in [0.05, 0.1) is 25.1 Å². The number of amides is 1. The zero-order valence-electron chi connectivity index (χ0n) is 12.4. The Morgan fingerprint density at radius 2 is 1.86 bits per heavy atom. The molecule has 0 bridgehead atoms. The molecule has 2 aromatic carbocycles. The summed E-state index contributed by atoms with van der Waals surface area (Å²) >= 11 is 6.02. The van der Waals surface area contributed by atoms with Crippen LogP contribution in [-0.4, -0.2) is 19.8 Å². The lowest BCUT2D eigenvalue weighted by atomic mass is 10.2. The van der Waals surface area contributed by atoms with E-state index in [1.54, 1.807) is 32.2 Å². The molecule has 0 unspecified atom stereocenters. The average Bonchev–Trinajstić information content (AvgIpc) is 2.51. The van der Waals surface area contributed by atoms with Gasteiger partial charge in [-0.1, -0.05) is 11.6 Å². The zero-order chi connectivity index (χ0) is 15.9. The van der Waals surface area contributed by atoms with Crippen LogP contribution in [-0.2, 0) is 4.74 Å². The van der Waals surface area contributed by atoms with E-state index in [0.29, 0.717) is 23.0 Å². The van der Waals surface area contributed by atoms with E-state index in [1.807, 2.05) is 24.3 Å². The number of methoxy groups -OCH3 is 1. The molecule has 5 nitrogen and oxygen atoms in total. The van der Waals surface area contributed by atoms with Crippen LogP contribution in [0.5, 0.6) is 5.75 Å². The Labute approximate surface area is 134 Å². The minimum absolute atomic E-state index is 0.306. The molecule has 116 valence electrons. The van der Waals surface area contributed by atoms with E-state index in [9.17, 15) is 4.79 Å². The molecule has 2 aromatic rings. The van der Waals surface area contributed by atoms with Crippen molar-refractivity contribution in [2.75, 3.05) is 24.4 Å². The van der Waals surface area contributed by atoms with E-state index in [1.165, 1.54) is 0 Å². The van der Waals surface area contributed by atoms with Crippen LogP contribution in [0.3, 0.4) is 0 Å². The highest BCUT2D eigenvalue weighted by Gasteiger charge is 2.08. The minimum atomic E-state index is -0.511. The average molecular weight is 321 g/mol. The molecule has 0 saturated carbocycles. The predicted molar refractivity (Wildman–Crippen MR) is 88.4 cm³/mol. The van der Waals surface area contributed by atoms with Crippen molar-refractivity contribution >= 4 is 34.8 Å². The molecular formula is C16H17ClN2O3. The Morgan fingerprint density at radius 1 is 1.14 bits per heavy atom. The summed E-state index contributed by atoms with van der Waals surface area (Å²) in [5, 5.41) is 6.44. The van der Waals surface area contributed by atoms with Crippen molar-refractivity contribution in [3.8, 4) is 5.75 Å². The normalized spacial score (nSPS) is 9.95. The summed E-state index contributed by atoms with van der Waals surface area (Å²) < 4.78 is 10.0. The SMILES string of the molecule is CCOC(=O)Nc1ccc(Cl)cc1Nc1ccc(OC)cc1. The smallest absolute Gasteiger partial charge is 0.411 e. The van der Waals surface area contributed by atoms with Gasteiger partial charge in [0.25, 0.3) is 0 Å². The highest BCUT2D eigenvalue weighted by atomic mass is 35.5. The standard InChI is InChI=1S/C16H17ClN2O3/c1-3-22-16(20)19-14-9-4-11(17)10-15(14)18-12-5-7-13(21-2)8-6-12/h4-10,18H,3H2,1-2H3,(H,19,20). The van der Waals surface area contributed by atoms with Gasteiger partial charge in [-0.05, 0) is 49.4 Å². The van der Waals surface area contributed by atoms with Crippen molar-refractivity contribution in [2.45, 2.75) is 6.92 Å². The number of carbonyl (C=O) groups is 1. The Kier molecular flexibility index (Phi) is 5.49. The second-order valence-electron chi connectivity index (χ2n) is 4.39. The first-order chi connectivity index (χ1) is 10.6. The molecule has 2 N–H and O–H groups in total. The predicted octanol–water partition coefficient (Wildman–Crippen LogP) is 4.66. The first-order valence-corrected chi connectivity index (χ1v) is 7.14. The van der Waals surface area contributed by atoms with Gasteiger partial charge in [0, 0.05) is 10.7 Å². The van der Waals surface area contributed by atoms with E-state index in [0.717, 1.165) is 11.4 Å². The van der Waals surface area contributed by atoms with E-state index < -0.39 is 6.09 Å². The van der Waals surface area contributed by atoms with Crippen LogP contribution in [0.4, 0.5) is 21.9 Å². The van der Waals surface area contributed by atoms with Crippen molar-refractivity contribution in [2.24, 2.45) is 0 Å². The van der Waals surface area contributed by atoms with Gasteiger partial charge in [0.1, 0.15) is 5.75 Å². The number of ether oxygens (including phenoxy) is 2. The van der Waals surface area contributed by atoms with E-state index in [2.05, 4.69) is 10.6 Å². The molecule has 2 rings (SSSR count). The molecule has 0 spiro atoms. The lowest BCUT2D eigenvalue weighted by Gasteiger charge is -2.14. The molecule has 6 heteroatoms. The van der Waals surface area contributed by atoms with E-state index >= 15 is 0 Å². The van der Waals surface area contributed by atoms with Crippen LogP contribution in [0.1, 0.15) is 6.92 Å². The summed E-state index contributed by atoms with van der Waals surface area (Å²) in [4.78, 5) is 11.6. The fourth-order valence-electron chi connectivity index (χ4n) is 1.84. The number of hydrogen-bond donors (Lipinski definition) is 2. The third-order valence-corrected chi connectivity index (χ3v) is 3.10. The van der Waals surface area contributed by atoms with Crippen molar-refractivity contribution < 1.29 is 14.3 Å². The van der Waals surface area contributed by atoms with Crippen molar-refractivity contribution in [1.82, 2.24) is 0 Å². The molecule has 0 fully saturated rings. The first kappa shape index (κ1) is 16.0. The largest absolute Gasteiger partial charge is 0.497 e. The van der Waals surface area contributed by atoms with Gasteiger partial charge in [-0.15, -0.1) is 0 Å². The molecule has 0 aliphatic heterocycles. The Morgan fingerprint density at radius 3 is 2.50 bits per heavy atom. The maximum atomic E-state index is 11.6. The third kappa shape index (κ3) is 4.30. The quantitative estimate of drug-likeness (QED) is 0.841. The third-order valence-electron chi connectivity index (χ3n) is 2.86. The van der Waals surface area contributed by atoms with Crippen LogP contribution in [0, 0.1) is 0 Å². The van der Waals surface area contributed by atoms with Crippen molar-refractivity contribution in [3.05, 3.63) is 47.5 Å². The maximum absolute atomic E-state index is 11.6. The van der Waals surface area contributed by atoms with Crippen LogP contribution < -0.4 is 15.4 Å². The van der Waals surface area contributed by atoms with Gasteiger partial charge in [-0.2, -0.15) is 0 Å². The molecule has 0 aliphatic rings. The summed E-state index contributed by atoms with van der Waals surface area (Å²) in [6.07, 6.45) is -0.511. The number of nitrogens with one attached hydrogen (secondary N) is 2. The van der Waals surface area contributed by atoms with Gasteiger partial charge in [-0.3, -0.25) is 5.32 Å². The summed E-state index contributed by atoms with van der Waals surface area (Å²) in [7, 11) is 1.61. The van der Waals surface area contributed by atoms with Crippen molar-refractivity contribution in [3.63, 3.8) is 0 Å². The number of hydrogen-bond acceptors (Lipinski definition) is 4. The summed E-state index contributed by atoms with van der Waals surface area (Å²) in [6.45, 7) is 2.05. The van der Waals surface area contributed by atoms with Crippen molar-refractivity contribution in [1.29, 1.82) is 0 Å². The topological polar surface area (TPSA) is 59.6 Å². The summed E-state index contributed by atoms with van der Waals surface area (Å²) in [5.74, 6) is 0.765. The van der Waals surface area contributed by atoms with Gasteiger partial charge in [0.2, 0.25) is 0 Å². The number of halogens is 1. The van der Waals surface area contributed by atoms with Crippen LogP contribution >= 0.6 is 11.6 Å². The fraction of sp³-hybridized carbons (Fsp3) is 0.188. The van der Waals surface area contributed by atoms with Gasteiger partial charge >= 0.3 is 6.09 Å². The number of rotatable bonds is 5. The van der Waals surface area contributed by atoms with Crippen LogP contribution in [0.2, 0.25) is 5.02 Å². The molecule has 0 radical (unpaired) electrons. The molecule has 0 saturated heterocycles. The Balaban J connectivity index is 2.20. The molecule has 0 aromatic heterocycles. The highest BCUT2D eigenvalue weighted by Crippen LogP contribution is 2.29. The molecule has 0 atom stereocenters. The van der Waals surface area contributed by atoms with E-state index in [-0.39, 0.29) is 0 Å². The highest BCUT2D eigenvalue weighted by molar-refractivity contribution is 6.31. The first-order valence-electron chi connectivity index (χ1n) is 6.76. The number of carbonyl (C=O) groups excluding carboxylic acids is 1. The van der Waals surface area contributed by atoms with Gasteiger partial charge < -0.3 is 14.8 Å². The second kappa shape index (κ2) is 7.56. The van der Waals surface area contributed by atoms with Gasteiger partial charge in [-0.25, -0.2) is 4.79 Å². The maximum Gasteiger partial charge on any atom is 0.411 e. The molecule has 0 heterocycles. The van der Waals surface area contributed by atoms with Crippen LogP contribution in [0.25, 0.3) is 0 Å². The number of benzene rings is 2. The molecule has 22 heavy (non-hydrogen) atoms. The van der Waals surface area contributed by atoms with Crippen LogP contribution in [0.15, 0.2) is 42.5 Å². The lowest BCUT2D eigenvalue weighted by molar-refractivity contribution is 0.168. The molecular weight excluding hydrogens is 304 g/mol. The van der Waals surface area contributed by atoms with E-state index in [4.69, 9.17) is 21.1 Å². The van der Waals surface area contributed by atoms with Gasteiger partial charge in [0.15, 0.2) is 0 Å². The Hall–Kier alpha value is -2.40. The number of anilines is 3. The summed E-state index contributed by atoms with van der Waals surface area (Å²) in [6, 6.07) is 12.6. The summed E-state index contributed by atoms with van der Waals surface area (Å²) in [5.41, 5.74) is 2.10. The Bertz CT molecular complexity index is 644. The fourth-order valence-corrected chi connectivity index (χ4v) is 2.01. The monoisotopic (exact) mass is 320 g/mol.